The number of methoxy groups -OCH3 is 1. The van der Waals surface area contributed by atoms with Gasteiger partial charge >= 0.3 is 0 Å². The van der Waals surface area contributed by atoms with Crippen molar-refractivity contribution in [3.05, 3.63) is 23.5 Å². The van der Waals surface area contributed by atoms with Crippen LogP contribution in [-0.4, -0.2) is 47.0 Å². The fourth-order valence-corrected chi connectivity index (χ4v) is 3.24. The lowest BCUT2D eigenvalue weighted by molar-refractivity contribution is -0.122. The van der Waals surface area contributed by atoms with E-state index in [-0.39, 0.29) is 18.1 Å². The van der Waals surface area contributed by atoms with Crippen LogP contribution < -0.4 is 5.32 Å². The zero-order chi connectivity index (χ0) is 12.7. The van der Waals surface area contributed by atoms with E-state index >= 15 is 0 Å². The van der Waals surface area contributed by atoms with Crippen molar-refractivity contribution in [3.63, 3.8) is 0 Å². The molecule has 18 heavy (non-hydrogen) atoms. The Bertz CT molecular complexity index is 550. The second-order valence-electron chi connectivity index (χ2n) is 4.30. The summed E-state index contributed by atoms with van der Waals surface area (Å²) in [5, 5.41) is 2.98. The molecule has 1 N–H and O–H groups in total. The molecule has 0 bridgehead atoms. The second kappa shape index (κ2) is 4.34. The van der Waals surface area contributed by atoms with E-state index in [4.69, 9.17) is 4.74 Å². The quantitative estimate of drug-likeness (QED) is 0.877. The second-order valence-corrected chi connectivity index (χ2v) is 5.34. The number of rotatable bonds is 3. The van der Waals surface area contributed by atoms with E-state index in [1.54, 1.807) is 24.6 Å². The Labute approximate surface area is 108 Å². The zero-order valence-corrected chi connectivity index (χ0v) is 11.0. The number of hydrogen-bond donors (Lipinski definition) is 1. The number of amides is 1. The van der Waals surface area contributed by atoms with Gasteiger partial charge < -0.3 is 10.1 Å². The molecule has 2 aromatic rings. The molecule has 1 aliphatic heterocycles. The van der Waals surface area contributed by atoms with Crippen LogP contribution in [0.2, 0.25) is 0 Å². The van der Waals surface area contributed by atoms with Crippen LogP contribution in [0.15, 0.2) is 18.6 Å². The molecule has 0 aliphatic carbocycles. The monoisotopic (exact) mass is 266 g/mol. The average molecular weight is 266 g/mol. The third-order valence-electron chi connectivity index (χ3n) is 3.18. The van der Waals surface area contributed by atoms with Crippen LogP contribution in [0.5, 0.6) is 0 Å². The highest BCUT2D eigenvalue weighted by Crippen LogP contribution is 2.29. The van der Waals surface area contributed by atoms with Crippen LogP contribution in [-0.2, 0) is 9.53 Å². The zero-order valence-electron chi connectivity index (χ0n) is 10.2. The third kappa shape index (κ3) is 1.71. The highest BCUT2D eigenvalue weighted by molar-refractivity contribution is 7.17. The van der Waals surface area contributed by atoms with Gasteiger partial charge in [0.2, 0.25) is 5.91 Å². The Hall–Kier alpha value is -1.44. The van der Waals surface area contributed by atoms with Crippen molar-refractivity contribution >= 4 is 22.2 Å². The molecule has 1 aliphatic rings. The molecule has 6 nitrogen and oxygen atoms in total. The van der Waals surface area contributed by atoms with Gasteiger partial charge in [-0.15, -0.1) is 0 Å². The molecule has 96 valence electrons. The Morgan fingerprint density at radius 3 is 3.17 bits per heavy atom. The molecule has 1 unspecified atom stereocenters. The van der Waals surface area contributed by atoms with Crippen molar-refractivity contribution in [1.29, 1.82) is 0 Å². The van der Waals surface area contributed by atoms with Gasteiger partial charge in [-0.05, 0) is 7.05 Å². The molecule has 1 amide bonds. The van der Waals surface area contributed by atoms with Crippen molar-refractivity contribution in [2.24, 2.45) is 0 Å². The summed E-state index contributed by atoms with van der Waals surface area (Å²) in [5.74, 6) is 0.00962. The Morgan fingerprint density at radius 2 is 2.44 bits per heavy atom. The topological polar surface area (TPSA) is 58.9 Å². The Kier molecular flexibility index (Phi) is 2.81. The van der Waals surface area contributed by atoms with Gasteiger partial charge in [0, 0.05) is 25.7 Å². The maximum Gasteiger partial charge on any atom is 0.241 e. The van der Waals surface area contributed by atoms with Gasteiger partial charge in [0.15, 0.2) is 4.96 Å². The van der Waals surface area contributed by atoms with Gasteiger partial charge in [0.05, 0.1) is 11.5 Å². The number of likely N-dealkylation sites (N-methyl/N-ethyl adjacent to an activating group) is 1. The Balaban J connectivity index is 1.89. The van der Waals surface area contributed by atoms with Crippen molar-refractivity contribution in [1.82, 2.24) is 19.6 Å². The molecule has 2 aromatic heterocycles. The number of ether oxygens (including phenoxy) is 1. The van der Waals surface area contributed by atoms with Crippen molar-refractivity contribution < 1.29 is 9.53 Å². The summed E-state index contributed by atoms with van der Waals surface area (Å²) in [6.07, 6.45) is 5.58. The van der Waals surface area contributed by atoms with Crippen LogP contribution in [0.3, 0.4) is 0 Å². The van der Waals surface area contributed by atoms with Gasteiger partial charge in [-0.3, -0.25) is 14.1 Å². The lowest BCUT2D eigenvalue weighted by atomic mass is 10.3. The van der Waals surface area contributed by atoms with Crippen LogP contribution in [0.4, 0.5) is 0 Å². The number of fused-ring (bicyclic) bond motifs is 1. The summed E-state index contributed by atoms with van der Waals surface area (Å²) in [5.41, 5.74) is 0. The fourth-order valence-electron chi connectivity index (χ4n) is 2.19. The Morgan fingerprint density at radius 1 is 1.61 bits per heavy atom. The van der Waals surface area contributed by atoms with Gasteiger partial charge in [-0.2, -0.15) is 0 Å². The van der Waals surface area contributed by atoms with E-state index < -0.39 is 0 Å². The van der Waals surface area contributed by atoms with Crippen LogP contribution >= 0.6 is 11.3 Å². The number of hydrogen-bond acceptors (Lipinski definition) is 5. The predicted molar refractivity (Wildman–Crippen MR) is 67.4 cm³/mol. The van der Waals surface area contributed by atoms with Gasteiger partial charge in [-0.1, -0.05) is 11.3 Å². The van der Waals surface area contributed by atoms with Gasteiger partial charge in [0.25, 0.3) is 0 Å². The number of carbonyl (C=O) groups is 1. The highest BCUT2D eigenvalue weighted by Gasteiger charge is 2.38. The first kappa shape index (κ1) is 11.6. The summed E-state index contributed by atoms with van der Waals surface area (Å²) < 4.78 is 7.04. The van der Waals surface area contributed by atoms with E-state index in [2.05, 4.69) is 10.3 Å². The minimum atomic E-state index is -0.227. The maximum atomic E-state index is 11.9. The summed E-state index contributed by atoms with van der Waals surface area (Å²) in [6.45, 7) is 0.404. The lowest BCUT2D eigenvalue weighted by Gasteiger charge is -2.21. The van der Waals surface area contributed by atoms with Crippen molar-refractivity contribution in [2.75, 3.05) is 20.8 Å². The number of nitrogens with zero attached hydrogens (tertiary/aromatic N) is 3. The molecule has 3 heterocycles. The van der Waals surface area contributed by atoms with E-state index in [0.29, 0.717) is 6.61 Å². The molecule has 1 fully saturated rings. The highest BCUT2D eigenvalue weighted by atomic mass is 32.1. The first-order valence-corrected chi connectivity index (χ1v) is 6.46. The van der Waals surface area contributed by atoms with E-state index in [0.717, 1.165) is 9.84 Å². The summed E-state index contributed by atoms with van der Waals surface area (Å²) in [4.78, 5) is 20.1. The largest absolute Gasteiger partial charge is 0.383 e. The summed E-state index contributed by atoms with van der Waals surface area (Å²) in [6, 6.07) is -0.227. The molecule has 0 radical (unpaired) electrons. The molecule has 3 rings (SSSR count). The number of imidazole rings is 1. The van der Waals surface area contributed by atoms with E-state index in [1.807, 2.05) is 28.7 Å². The first-order valence-electron chi connectivity index (χ1n) is 5.64. The molecular weight excluding hydrogens is 252 g/mol. The predicted octanol–water partition coefficient (Wildman–Crippen LogP) is 0.471. The van der Waals surface area contributed by atoms with Crippen LogP contribution in [0.25, 0.3) is 4.96 Å². The van der Waals surface area contributed by atoms with Crippen molar-refractivity contribution in [2.45, 2.75) is 12.2 Å². The van der Waals surface area contributed by atoms with Gasteiger partial charge in [0.1, 0.15) is 12.2 Å². The fraction of sp³-hybridized carbons (Fsp3) is 0.455. The SMILES string of the molecule is COC[C@H]1C(=O)NC(c2cn3ccnc3s2)N1C. The number of carbonyl (C=O) groups excluding carboxylic acids is 1. The molecule has 7 heteroatoms. The molecule has 2 atom stereocenters. The molecule has 0 aromatic carbocycles. The minimum absolute atomic E-state index is 0.00962. The maximum absolute atomic E-state index is 11.9. The summed E-state index contributed by atoms with van der Waals surface area (Å²) >= 11 is 1.58. The lowest BCUT2D eigenvalue weighted by Crippen LogP contribution is -2.34. The molecule has 1 saturated heterocycles. The van der Waals surface area contributed by atoms with Crippen LogP contribution in [0, 0.1) is 0 Å². The normalized spacial score (nSPS) is 24.9. The standard InChI is InChI=1S/C11H14N4O2S/c1-14-7(6-17-2)10(16)13-9(14)8-5-15-4-3-12-11(15)18-8/h3-5,7,9H,6H2,1-2H3,(H,13,16)/t7-,9?/m0/s1. The minimum Gasteiger partial charge on any atom is -0.383 e. The van der Waals surface area contributed by atoms with E-state index in [1.165, 1.54) is 0 Å². The average Bonchev–Trinajstić information content (AvgIpc) is 2.97. The number of nitrogens with one attached hydrogen (secondary N) is 1. The number of aromatic nitrogens is 2. The molecule has 0 spiro atoms. The van der Waals surface area contributed by atoms with Gasteiger partial charge in [-0.25, -0.2) is 4.98 Å². The third-order valence-corrected chi connectivity index (χ3v) is 4.25. The van der Waals surface area contributed by atoms with Crippen molar-refractivity contribution in [3.8, 4) is 0 Å². The molecular formula is C11H14N4O2S. The molecule has 0 saturated carbocycles. The first-order chi connectivity index (χ1) is 8.70. The summed E-state index contributed by atoms with van der Waals surface area (Å²) in [7, 11) is 3.53. The van der Waals surface area contributed by atoms with E-state index in [9.17, 15) is 4.79 Å². The number of thiazole rings is 1. The smallest absolute Gasteiger partial charge is 0.241 e. The van der Waals surface area contributed by atoms with Crippen LogP contribution in [0.1, 0.15) is 11.0 Å².